The fourth-order valence-corrected chi connectivity index (χ4v) is 12.3. The van der Waals surface area contributed by atoms with Gasteiger partial charge in [0.2, 0.25) is 0 Å². The summed E-state index contributed by atoms with van der Waals surface area (Å²) in [6.07, 6.45) is 32.2. The maximum absolute atomic E-state index is 12.0. The molecule has 2 aromatic rings. The van der Waals surface area contributed by atoms with Crippen molar-refractivity contribution < 1.29 is 62.8 Å². The number of benzene rings is 2. The maximum Gasteiger partial charge on any atom is 0.305 e. The molecule has 2 aliphatic carbocycles. The average Bonchev–Trinajstić information content (AvgIpc) is 3.97. The van der Waals surface area contributed by atoms with Crippen LogP contribution >= 0.6 is 0 Å². The van der Waals surface area contributed by atoms with Gasteiger partial charge in [-0.05, 0) is 202 Å². The van der Waals surface area contributed by atoms with E-state index in [-0.39, 0.29) is 61.0 Å². The normalized spacial score (nSPS) is 27.9. The molecule has 2 aromatic carbocycles. The summed E-state index contributed by atoms with van der Waals surface area (Å²) in [5, 5.41) is 31.2. The van der Waals surface area contributed by atoms with E-state index in [1.807, 2.05) is 32.0 Å². The molecule has 80 heavy (non-hydrogen) atoms. The predicted octanol–water partition coefficient (Wildman–Crippen LogP) is 13.0. The fraction of sp³-hybridized carbons (Fsp3) is 0.731. The highest BCUT2D eigenvalue weighted by atomic mass is 16.7. The molecule has 3 heterocycles. The minimum atomic E-state index is -0.511. The van der Waals surface area contributed by atoms with Crippen molar-refractivity contribution >= 4 is 11.9 Å². The minimum absolute atomic E-state index is 0.00930. The molecule has 0 amide bonds. The van der Waals surface area contributed by atoms with Crippen LogP contribution < -0.4 is 0 Å². The van der Waals surface area contributed by atoms with Crippen LogP contribution in [0.15, 0.2) is 85.0 Å². The first-order valence-corrected chi connectivity index (χ1v) is 31.7. The number of unbranched alkanes of at least 4 members (excludes halogenated alkanes) is 2. The molecule has 0 spiro atoms. The van der Waals surface area contributed by atoms with Gasteiger partial charge in [-0.25, -0.2) is 0 Å². The van der Waals surface area contributed by atoms with Gasteiger partial charge in [-0.2, -0.15) is 0 Å². The van der Waals surface area contributed by atoms with Gasteiger partial charge in [-0.3, -0.25) is 9.59 Å². The van der Waals surface area contributed by atoms with Crippen LogP contribution in [-0.4, -0.2) is 116 Å². The number of carbonyl (C=O) groups is 2. The summed E-state index contributed by atoms with van der Waals surface area (Å²) in [4.78, 5) is 23.5. The molecular formula is C67H104O13. The largest absolute Gasteiger partial charge is 0.466 e. The van der Waals surface area contributed by atoms with Gasteiger partial charge in [0.05, 0.1) is 49.8 Å². The number of hydrogen-bond donors (Lipinski definition) is 3. The number of ether oxygens (including phenoxy) is 8. The maximum atomic E-state index is 12.0. The van der Waals surface area contributed by atoms with Crippen molar-refractivity contribution in [2.45, 2.75) is 256 Å². The van der Waals surface area contributed by atoms with Gasteiger partial charge in [0.15, 0.2) is 18.9 Å². The van der Waals surface area contributed by atoms with Gasteiger partial charge >= 0.3 is 11.9 Å². The van der Waals surface area contributed by atoms with Gasteiger partial charge in [0, 0.05) is 39.1 Å². The van der Waals surface area contributed by atoms with Gasteiger partial charge in [-0.1, -0.05) is 98.8 Å². The molecule has 450 valence electrons. The van der Waals surface area contributed by atoms with Crippen molar-refractivity contribution in [1.82, 2.24) is 0 Å². The third kappa shape index (κ3) is 25.2. The number of rotatable bonds is 34. The van der Waals surface area contributed by atoms with E-state index < -0.39 is 18.3 Å². The Kier molecular flexibility index (Phi) is 32.1. The molecule has 0 aromatic heterocycles. The van der Waals surface area contributed by atoms with Crippen molar-refractivity contribution in [2.75, 3.05) is 33.0 Å². The van der Waals surface area contributed by atoms with Crippen molar-refractivity contribution in [1.29, 1.82) is 0 Å². The first kappa shape index (κ1) is 65.7. The van der Waals surface area contributed by atoms with Crippen molar-refractivity contribution in [2.24, 2.45) is 23.7 Å². The van der Waals surface area contributed by atoms with Crippen LogP contribution in [0.4, 0.5) is 0 Å². The molecule has 5 fully saturated rings. The lowest BCUT2D eigenvalue weighted by Crippen LogP contribution is -2.33. The SMILES string of the molecule is CCCOC(=O)CCC/C=C\C[C@@H]1[C@@H](CC[C@@H](O)CCc2ccccc2)[C@H](O)C[C@@H]1O.CCCOC(=O)CCC/C=C\C[C@@H]1[C@@H](CC[C@H](CCc2ccccc2)OC2CCCCO2)[C@H](OC2CCCCO2)C[C@@H]1OC1CCCCO1. The topological polar surface area (TPSA) is 169 Å². The minimum Gasteiger partial charge on any atom is -0.466 e. The molecule has 3 saturated heterocycles. The highest BCUT2D eigenvalue weighted by Gasteiger charge is 2.46. The second-order valence-corrected chi connectivity index (χ2v) is 23.3. The second-order valence-electron chi connectivity index (χ2n) is 23.3. The fourth-order valence-electron chi connectivity index (χ4n) is 12.3. The van der Waals surface area contributed by atoms with Gasteiger partial charge in [0.25, 0.3) is 0 Å². The Morgan fingerprint density at radius 2 is 1.05 bits per heavy atom. The summed E-state index contributed by atoms with van der Waals surface area (Å²) >= 11 is 0. The van der Waals surface area contributed by atoms with Crippen LogP contribution in [0, 0.1) is 23.7 Å². The monoisotopic (exact) mass is 1120 g/mol. The van der Waals surface area contributed by atoms with E-state index >= 15 is 0 Å². The Labute approximate surface area is 481 Å². The molecule has 3 unspecified atom stereocenters. The molecule has 13 atom stereocenters. The van der Waals surface area contributed by atoms with Crippen LogP contribution in [0.5, 0.6) is 0 Å². The van der Waals surface area contributed by atoms with Crippen LogP contribution in [-0.2, 0) is 60.3 Å². The smallest absolute Gasteiger partial charge is 0.305 e. The third-order valence-electron chi connectivity index (χ3n) is 16.9. The van der Waals surface area contributed by atoms with Gasteiger partial charge in [-0.15, -0.1) is 0 Å². The van der Waals surface area contributed by atoms with Gasteiger partial charge in [0.1, 0.15) is 0 Å². The summed E-state index contributed by atoms with van der Waals surface area (Å²) in [7, 11) is 0. The lowest BCUT2D eigenvalue weighted by molar-refractivity contribution is -0.205. The Bertz CT molecular complexity index is 1960. The van der Waals surface area contributed by atoms with E-state index in [0.29, 0.717) is 63.6 Å². The molecule has 2 saturated carbocycles. The number of hydrogen-bond acceptors (Lipinski definition) is 13. The average molecular weight is 1120 g/mol. The highest BCUT2D eigenvalue weighted by Crippen LogP contribution is 2.44. The molecule has 3 N–H and O–H groups in total. The Morgan fingerprint density at radius 1 is 0.562 bits per heavy atom. The molecule has 13 heteroatoms. The Hall–Kier alpha value is -3.50. The molecule has 0 radical (unpaired) electrons. The Morgan fingerprint density at radius 3 is 1.57 bits per heavy atom. The van der Waals surface area contributed by atoms with E-state index in [1.165, 1.54) is 11.1 Å². The van der Waals surface area contributed by atoms with E-state index in [9.17, 15) is 24.9 Å². The van der Waals surface area contributed by atoms with Crippen LogP contribution in [0.2, 0.25) is 0 Å². The number of aryl methyl sites for hydroxylation is 2. The summed E-state index contributed by atoms with van der Waals surface area (Å²) in [5.41, 5.74) is 2.57. The standard InChI is InChI=1S/C41H64O8.C26H40O5/c1-2-27-43-38(42)19-9-4-3-8-18-34-35(26-25-33(47-39-20-10-13-28-44-39)24-23-32-16-6-5-7-17-32)37(49-41-22-12-15-30-46-41)31-36(34)48-40-21-11-14-29-45-40;1-2-18-31-26(30)13-9-4-3-8-12-22-23(25(29)19-24(22)28)17-16-21(27)15-14-20-10-6-5-7-11-20/h3,5-8,16-17,33-37,39-41H,2,4,9-15,18-31H2,1H3;3,5-8,10-11,21-25,27-29H,2,4,9,12-19H2,1H3/b2*8-3-/t33-,34+,35+,36-,37+,39?,40?,41?;21-,22+,23+,24-,25+/m00/s1. The second kappa shape index (κ2) is 39.1. The lowest BCUT2D eigenvalue weighted by Gasteiger charge is -2.33. The molecule has 5 aliphatic rings. The molecule has 0 bridgehead atoms. The number of aliphatic hydroxyl groups is 3. The Balaban J connectivity index is 0.000000287. The zero-order chi connectivity index (χ0) is 56.4. The third-order valence-corrected chi connectivity index (χ3v) is 16.9. The van der Waals surface area contributed by atoms with Gasteiger partial charge < -0.3 is 53.2 Å². The lowest BCUT2D eigenvalue weighted by atomic mass is 9.85. The van der Waals surface area contributed by atoms with Crippen LogP contribution in [0.3, 0.4) is 0 Å². The van der Waals surface area contributed by atoms with Crippen LogP contribution in [0.25, 0.3) is 0 Å². The zero-order valence-corrected chi connectivity index (χ0v) is 49.1. The first-order valence-electron chi connectivity index (χ1n) is 31.7. The molecule has 3 aliphatic heterocycles. The number of carbonyl (C=O) groups excluding carboxylic acids is 2. The summed E-state index contributed by atoms with van der Waals surface area (Å²) in [6, 6.07) is 20.9. The van der Waals surface area contributed by atoms with E-state index in [1.54, 1.807) is 0 Å². The molecule has 13 nitrogen and oxygen atoms in total. The molecular weight excluding hydrogens is 1010 g/mol. The van der Waals surface area contributed by atoms with Crippen molar-refractivity contribution in [3.05, 3.63) is 96.1 Å². The quantitative estimate of drug-likeness (QED) is 0.0344. The van der Waals surface area contributed by atoms with E-state index in [0.717, 1.165) is 167 Å². The van der Waals surface area contributed by atoms with E-state index in [4.69, 9.17) is 37.9 Å². The highest BCUT2D eigenvalue weighted by molar-refractivity contribution is 5.69. The summed E-state index contributed by atoms with van der Waals surface area (Å²) < 4.78 is 49.0. The predicted molar refractivity (Wildman–Crippen MR) is 312 cm³/mol. The van der Waals surface area contributed by atoms with E-state index in [2.05, 4.69) is 66.8 Å². The van der Waals surface area contributed by atoms with Crippen molar-refractivity contribution in [3.63, 3.8) is 0 Å². The molecule has 7 rings (SSSR count). The van der Waals surface area contributed by atoms with Crippen LogP contribution in [0.1, 0.15) is 198 Å². The summed E-state index contributed by atoms with van der Waals surface area (Å²) in [6.45, 7) is 7.31. The zero-order valence-electron chi connectivity index (χ0n) is 49.1. The number of allylic oxidation sites excluding steroid dienone is 4. The first-order chi connectivity index (χ1) is 39.2. The number of esters is 2. The number of aliphatic hydroxyl groups excluding tert-OH is 3. The summed E-state index contributed by atoms with van der Waals surface area (Å²) in [5.74, 6) is 0.390. The van der Waals surface area contributed by atoms with Crippen molar-refractivity contribution in [3.8, 4) is 0 Å².